The summed E-state index contributed by atoms with van der Waals surface area (Å²) < 4.78 is 5.47. The summed E-state index contributed by atoms with van der Waals surface area (Å²) in [6, 6.07) is 1.23. The molecule has 124 valence electrons. The van der Waals surface area contributed by atoms with Gasteiger partial charge in [0.1, 0.15) is 0 Å². The zero-order valence-electron chi connectivity index (χ0n) is 15.4. The van der Waals surface area contributed by atoms with E-state index in [1.54, 1.807) is 0 Å². The first-order valence-electron chi connectivity index (χ1n) is 8.34. The quantitative estimate of drug-likeness (QED) is 0.567. The molecule has 0 fully saturated rings. The van der Waals surface area contributed by atoms with Crippen molar-refractivity contribution in [3.8, 4) is 0 Å². The normalized spacial score (nSPS) is 11.4. The highest BCUT2D eigenvalue weighted by Crippen LogP contribution is 2.03. The van der Waals surface area contributed by atoms with Gasteiger partial charge in [0.05, 0.1) is 6.61 Å². The second-order valence-electron chi connectivity index (χ2n) is 6.19. The molecule has 0 radical (unpaired) electrons. The van der Waals surface area contributed by atoms with Gasteiger partial charge in [0.25, 0.3) is 0 Å². The van der Waals surface area contributed by atoms with Gasteiger partial charge in [0, 0.05) is 25.2 Å². The van der Waals surface area contributed by atoms with Gasteiger partial charge in [-0.3, -0.25) is 4.90 Å². The van der Waals surface area contributed by atoms with Crippen LogP contribution in [0.1, 0.15) is 60.8 Å². The fraction of sp³-hybridized carbons (Fsp3) is 1.00. The Morgan fingerprint density at radius 2 is 1.35 bits per heavy atom. The van der Waals surface area contributed by atoms with Gasteiger partial charge in [-0.05, 0) is 61.2 Å². The topological polar surface area (TPSA) is 15.7 Å². The van der Waals surface area contributed by atoms with E-state index in [4.69, 9.17) is 4.74 Å². The SMILES string of the molecule is CCCCN(C)C.CCCOCCN(C(C)C)C(C)C. The van der Waals surface area contributed by atoms with Gasteiger partial charge >= 0.3 is 0 Å². The first-order chi connectivity index (χ1) is 9.36. The molecular weight excluding hydrogens is 248 g/mol. The minimum Gasteiger partial charge on any atom is -0.380 e. The highest BCUT2D eigenvalue weighted by Gasteiger charge is 2.11. The van der Waals surface area contributed by atoms with E-state index in [2.05, 4.69) is 65.4 Å². The van der Waals surface area contributed by atoms with Crippen LogP contribution in [0.3, 0.4) is 0 Å². The van der Waals surface area contributed by atoms with Crippen LogP contribution in [0.25, 0.3) is 0 Å². The number of ether oxygens (including phenoxy) is 1. The third kappa shape index (κ3) is 15.9. The van der Waals surface area contributed by atoms with Gasteiger partial charge in [-0.15, -0.1) is 0 Å². The van der Waals surface area contributed by atoms with E-state index < -0.39 is 0 Å². The molecule has 0 N–H and O–H groups in total. The molecule has 0 rings (SSSR count). The first kappa shape index (κ1) is 22.2. The largest absolute Gasteiger partial charge is 0.380 e. The summed E-state index contributed by atoms with van der Waals surface area (Å²) in [5.41, 5.74) is 0. The molecule has 0 aliphatic carbocycles. The van der Waals surface area contributed by atoms with Crippen molar-refractivity contribution in [1.82, 2.24) is 9.80 Å². The average Bonchev–Trinajstić information content (AvgIpc) is 2.36. The molecule has 0 saturated heterocycles. The van der Waals surface area contributed by atoms with E-state index in [0.29, 0.717) is 12.1 Å². The lowest BCUT2D eigenvalue weighted by atomic mass is 10.2. The molecular formula is C17H40N2O. The van der Waals surface area contributed by atoms with Crippen molar-refractivity contribution in [3.05, 3.63) is 0 Å². The van der Waals surface area contributed by atoms with Crippen molar-refractivity contribution in [2.24, 2.45) is 0 Å². The Kier molecular flexibility index (Phi) is 16.9. The molecule has 0 heterocycles. The summed E-state index contributed by atoms with van der Waals surface area (Å²) in [6.45, 7) is 17.3. The number of unbranched alkanes of at least 4 members (excludes halogenated alkanes) is 1. The second-order valence-corrected chi connectivity index (χ2v) is 6.19. The van der Waals surface area contributed by atoms with E-state index in [9.17, 15) is 0 Å². The molecule has 0 aromatic heterocycles. The Bertz CT molecular complexity index is 174. The van der Waals surface area contributed by atoms with E-state index in [1.807, 2.05) is 0 Å². The number of hydrogen-bond acceptors (Lipinski definition) is 3. The van der Waals surface area contributed by atoms with Crippen molar-refractivity contribution >= 4 is 0 Å². The Balaban J connectivity index is 0. The molecule has 0 aromatic rings. The monoisotopic (exact) mass is 288 g/mol. The average molecular weight is 289 g/mol. The smallest absolute Gasteiger partial charge is 0.0593 e. The molecule has 0 unspecified atom stereocenters. The maximum Gasteiger partial charge on any atom is 0.0593 e. The van der Waals surface area contributed by atoms with Crippen LogP contribution in [-0.2, 0) is 4.74 Å². The lowest BCUT2D eigenvalue weighted by Gasteiger charge is -2.30. The predicted octanol–water partition coefficient (Wildman–Crippen LogP) is 3.88. The highest BCUT2D eigenvalue weighted by atomic mass is 16.5. The zero-order chi connectivity index (χ0) is 16.0. The van der Waals surface area contributed by atoms with E-state index in [1.165, 1.54) is 19.4 Å². The van der Waals surface area contributed by atoms with Gasteiger partial charge in [0.2, 0.25) is 0 Å². The fourth-order valence-corrected chi connectivity index (χ4v) is 2.00. The van der Waals surface area contributed by atoms with E-state index in [-0.39, 0.29) is 0 Å². The standard InChI is InChI=1S/C11H25NO.C6H15N/c1-6-8-13-9-7-12(10(2)3)11(4)5;1-4-5-6-7(2)3/h10-11H,6-9H2,1-5H3;4-6H2,1-3H3. The lowest BCUT2D eigenvalue weighted by Crippen LogP contribution is -2.39. The minimum atomic E-state index is 0.616. The Morgan fingerprint density at radius 3 is 1.65 bits per heavy atom. The first-order valence-corrected chi connectivity index (χ1v) is 8.34. The fourth-order valence-electron chi connectivity index (χ4n) is 2.00. The molecule has 20 heavy (non-hydrogen) atoms. The van der Waals surface area contributed by atoms with Crippen LogP contribution < -0.4 is 0 Å². The van der Waals surface area contributed by atoms with Crippen LogP contribution in [0.15, 0.2) is 0 Å². The summed E-state index contributed by atoms with van der Waals surface area (Å²) in [4.78, 5) is 4.67. The van der Waals surface area contributed by atoms with Crippen LogP contribution in [0.2, 0.25) is 0 Å². The maximum atomic E-state index is 5.47. The lowest BCUT2D eigenvalue weighted by molar-refractivity contribution is 0.0788. The molecule has 0 aliphatic heterocycles. The minimum absolute atomic E-state index is 0.616. The third-order valence-electron chi connectivity index (χ3n) is 3.13. The van der Waals surface area contributed by atoms with Crippen LogP contribution in [0.4, 0.5) is 0 Å². The van der Waals surface area contributed by atoms with Crippen molar-refractivity contribution in [1.29, 1.82) is 0 Å². The summed E-state index contributed by atoms with van der Waals surface area (Å²) in [5.74, 6) is 0. The maximum absolute atomic E-state index is 5.47. The molecule has 0 amide bonds. The van der Waals surface area contributed by atoms with E-state index in [0.717, 1.165) is 26.2 Å². The van der Waals surface area contributed by atoms with Crippen LogP contribution in [0, 0.1) is 0 Å². The van der Waals surface area contributed by atoms with Crippen molar-refractivity contribution < 1.29 is 4.74 Å². The van der Waals surface area contributed by atoms with Crippen molar-refractivity contribution in [2.75, 3.05) is 40.4 Å². The van der Waals surface area contributed by atoms with Crippen LogP contribution in [0.5, 0.6) is 0 Å². The summed E-state index contributed by atoms with van der Waals surface area (Å²) in [5, 5.41) is 0. The second kappa shape index (κ2) is 15.3. The Hall–Kier alpha value is -0.120. The van der Waals surface area contributed by atoms with E-state index >= 15 is 0 Å². The van der Waals surface area contributed by atoms with Crippen LogP contribution in [-0.4, -0.2) is 62.3 Å². The molecule has 0 saturated carbocycles. The molecule has 0 aliphatic rings. The Morgan fingerprint density at radius 1 is 0.800 bits per heavy atom. The molecule has 3 nitrogen and oxygen atoms in total. The molecule has 0 bridgehead atoms. The van der Waals surface area contributed by atoms with Gasteiger partial charge in [-0.2, -0.15) is 0 Å². The van der Waals surface area contributed by atoms with Crippen molar-refractivity contribution in [2.45, 2.75) is 72.9 Å². The van der Waals surface area contributed by atoms with Gasteiger partial charge in [0.15, 0.2) is 0 Å². The number of rotatable bonds is 10. The highest BCUT2D eigenvalue weighted by molar-refractivity contribution is 4.66. The van der Waals surface area contributed by atoms with Gasteiger partial charge in [-0.25, -0.2) is 0 Å². The number of nitrogens with zero attached hydrogens (tertiary/aromatic N) is 2. The molecule has 0 aromatic carbocycles. The summed E-state index contributed by atoms with van der Waals surface area (Å²) in [7, 11) is 4.21. The third-order valence-corrected chi connectivity index (χ3v) is 3.13. The van der Waals surface area contributed by atoms with Crippen LogP contribution >= 0.6 is 0 Å². The predicted molar refractivity (Wildman–Crippen MR) is 91.6 cm³/mol. The molecule has 0 atom stereocenters. The zero-order valence-corrected chi connectivity index (χ0v) is 15.4. The van der Waals surface area contributed by atoms with Crippen molar-refractivity contribution in [3.63, 3.8) is 0 Å². The number of hydrogen-bond donors (Lipinski definition) is 0. The molecule has 0 spiro atoms. The van der Waals surface area contributed by atoms with Gasteiger partial charge < -0.3 is 9.64 Å². The van der Waals surface area contributed by atoms with Gasteiger partial charge in [-0.1, -0.05) is 20.3 Å². The Labute approximate surface area is 128 Å². The summed E-state index contributed by atoms with van der Waals surface area (Å²) in [6.07, 6.45) is 3.74. The molecule has 3 heteroatoms. The summed E-state index contributed by atoms with van der Waals surface area (Å²) >= 11 is 0.